The van der Waals surface area contributed by atoms with E-state index < -0.39 is 17.6 Å². The Bertz CT molecular complexity index is 608. The highest BCUT2D eigenvalue weighted by Crippen LogP contribution is 2.33. The van der Waals surface area contributed by atoms with Gasteiger partial charge in [0, 0.05) is 25.3 Å². The average molecular weight is 305 g/mol. The Hall–Kier alpha value is -2.34. The number of amides is 2. The monoisotopic (exact) mass is 305 g/mol. The Morgan fingerprint density at radius 2 is 1.91 bits per heavy atom. The summed E-state index contributed by atoms with van der Waals surface area (Å²) in [6.07, 6.45) is 0.526. The molecular formula is C16H19NO5. The molecule has 22 heavy (non-hydrogen) atoms. The molecule has 0 saturated heterocycles. The van der Waals surface area contributed by atoms with Gasteiger partial charge < -0.3 is 14.6 Å². The van der Waals surface area contributed by atoms with E-state index in [1.807, 2.05) is 6.92 Å². The molecule has 0 saturated carbocycles. The molecule has 0 spiro atoms. The molecule has 0 bridgehead atoms. The first-order valence-corrected chi connectivity index (χ1v) is 7.12. The molecule has 2 amide bonds. The number of ether oxygens (including phenoxy) is 2. The molecule has 1 aromatic carbocycles. The molecule has 0 aromatic heterocycles. The second kappa shape index (κ2) is 7.09. The summed E-state index contributed by atoms with van der Waals surface area (Å²) in [6, 6.07) is 6.78. The SMILES string of the molecule is CCOCCCN1C(=O)C(O)=C(c2ccccc2OC)C1=O. The van der Waals surface area contributed by atoms with Crippen molar-refractivity contribution >= 4 is 17.4 Å². The van der Waals surface area contributed by atoms with Crippen LogP contribution in [0.25, 0.3) is 5.57 Å². The number of hydrogen-bond acceptors (Lipinski definition) is 5. The lowest BCUT2D eigenvalue weighted by Gasteiger charge is -2.14. The molecule has 0 radical (unpaired) electrons. The predicted molar refractivity (Wildman–Crippen MR) is 80.4 cm³/mol. The van der Waals surface area contributed by atoms with Gasteiger partial charge in [-0.15, -0.1) is 0 Å². The summed E-state index contributed by atoms with van der Waals surface area (Å²) < 4.78 is 10.4. The van der Waals surface area contributed by atoms with Gasteiger partial charge in [0.25, 0.3) is 11.8 Å². The van der Waals surface area contributed by atoms with Crippen molar-refractivity contribution in [1.29, 1.82) is 0 Å². The van der Waals surface area contributed by atoms with Crippen molar-refractivity contribution < 1.29 is 24.2 Å². The fraction of sp³-hybridized carbons (Fsp3) is 0.375. The van der Waals surface area contributed by atoms with Crippen molar-refractivity contribution in [3.63, 3.8) is 0 Å². The Balaban J connectivity index is 2.22. The largest absolute Gasteiger partial charge is 0.502 e. The van der Waals surface area contributed by atoms with Crippen LogP contribution in [0.5, 0.6) is 5.75 Å². The summed E-state index contributed by atoms with van der Waals surface area (Å²) in [4.78, 5) is 25.6. The number of benzene rings is 1. The molecule has 1 N–H and O–H groups in total. The number of carbonyl (C=O) groups excluding carboxylic acids is 2. The van der Waals surface area contributed by atoms with Crippen LogP contribution < -0.4 is 4.74 Å². The topological polar surface area (TPSA) is 76.1 Å². The number of aliphatic hydroxyl groups is 1. The van der Waals surface area contributed by atoms with E-state index in [2.05, 4.69) is 0 Å². The van der Waals surface area contributed by atoms with E-state index >= 15 is 0 Å². The normalized spacial score (nSPS) is 14.9. The van der Waals surface area contributed by atoms with Gasteiger partial charge in [-0.2, -0.15) is 0 Å². The molecule has 1 heterocycles. The van der Waals surface area contributed by atoms with Crippen molar-refractivity contribution in [3.8, 4) is 5.75 Å². The maximum Gasteiger partial charge on any atom is 0.296 e. The first-order valence-electron chi connectivity index (χ1n) is 7.12. The zero-order valence-corrected chi connectivity index (χ0v) is 12.7. The number of hydrogen-bond donors (Lipinski definition) is 1. The third-order valence-corrected chi connectivity index (χ3v) is 3.39. The van der Waals surface area contributed by atoms with E-state index in [1.54, 1.807) is 24.3 Å². The molecule has 118 valence electrons. The van der Waals surface area contributed by atoms with Gasteiger partial charge in [-0.25, -0.2) is 0 Å². The smallest absolute Gasteiger partial charge is 0.296 e. The highest BCUT2D eigenvalue weighted by molar-refractivity contribution is 6.35. The van der Waals surface area contributed by atoms with Crippen LogP contribution in [0.3, 0.4) is 0 Å². The number of imide groups is 1. The second-order valence-electron chi connectivity index (χ2n) is 4.74. The Morgan fingerprint density at radius 1 is 1.18 bits per heavy atom. The van der Waals surface area contributed by atoms with Crippen molar-refractivity contribution in [2.45, 2.75) is 13.3 Å². The number of methoxy groups -OCH3 is 1. The van der Waals surface area contributed by atoms with Crippen LogP contribution in [0.4, 0.5) is 0 Å². The van der Waals surface area contributed by atoms with Crippen molar-refractivity contribution in [1.82, 2.24) is 4.90 Å². The summed E-state index contributed by atoms with van der Waals surface area (Å²) in [6.45, 7) is 3.12. The number of rotatable bonds is 7. The predicted octanol–water partition coefficient (Wildman–Crippen LogP) is 1.76. The molecule has 0 fully saturated rings. The van der Waals surface area contributed by atoms with E-state index in [1.165, 1.54) is 7.11 Å². The third-order valence-electron chi connectivity index (χ3n) is 3.39. The molecule has 0 atom stereocenters. The van der Waals surface area contributed by atoms with Crippen LogP contribution in [-0.4, -0.2) is 48.7 Å². The van der Waals surface area contributed by atoms with Crippen molar-refractivity contribution in [2.75, 3.05) is 26.9 Å². The summed E-state index contributed by atoms with van der Waals surface area (Å²) in [5, 5.41) is 10.1. The lowest BCUT2D eigenvalue weighted by molar-refractivity contribution is -0.138. The summed E-state index contributed by atoms with van der Waals surface area (Å²) in [5.74, 6) is -1.29. The van der Waals surface area contributed by atoms with Crippen LogP contribution in [0, 0.1) is 0 Å². The van der Waals surface area contributed by atoms with Crippen molar-refractivity contribution in [2.24, 2.45) is 0 Å². The zero-order valence-electron chi connectivity index (χ0n) is 12.7. The molecule has 0 unspecified atom stereocenters. The maximum atomic E-state index is 12.4. The van der Waals surface area contributed by atoms with Gasteiger partial charge in [0.05, 0.1) is 12.7 Å². The van der Waals surface area contributed by atoms with E-state index in [0.29, 0.717) is 30.9 Å². The molecule has 1 aliphatic rings. The van der Waals surface area contributed by atoms with Gasteiger partial charge in [-0.3, -0.25) is 14.5 Å². The van der Waals surface area contributed by atoms with E-state index in [4.69, 9.17) is 9.47 Å². The summed E-state index contributed by atoms with van der Waals surface area (Å²) in [7, 11) is 1.47. The summed E-state index contributed by atoms with van der Waals surface area (Å²) in [5.41, 5.74) is 0.395. The Morgan fingerprint density at radius 3 is 2.59 bits per heavy atom. The van der Waals surface area contributed by atoms with E-state index in [-0.39, 0.29) is 12.1 Å². The zero-order chi connectivity index (χ0) is 16.1. The van der Waals surface area contributed by atoms with Gasteiger partial charge in [0.15, 0.2) is 5.76 Å². The molecule has 6 nitrogen and oxygen atoms in total. The molecule has 1 aliphatic heterocycles. The highest BCUT2D eigenvalue weighted by atomic mass is 16.5. The first-order chi connectivity index (χ1) is 10.6. The minimum absolute atomic E-state index is 0.0149. The summed E-state index contributed by atoms with van der Waals surface area (Å²) >= 11 is 0. The van der Waals surface area contributed by atoms with Crippen LogP contribution in [-0.2, 0) is 14.3 Å². The van der Waals surface area contributed by atoms with E-state index in [9.17, 15) is 14.7 Å². The molecule has 1 aromatic rings. The first kappa shape index (κ1) is 16.0. The fourth-order valence-corrected chi connectivity index (χ4v) is 2.33. The van der Waals surface area contributed by atoms with E-state index in [0.717, 1.165) is 4.90 Å². The van der Waals surface area contributed by atoms with Crippen molar-refractivity contribution in [3.05, 3.63) is 35.6 Å². The molecule has 6 heteroatoms. The number of aliphatic hydroxyl groups excluding tert-OH is 1. The minimum atomic E-state index is -0.678. The average Bonchev–Trinajstić information content (AvgIpc) is 2.74. The van der Waals surface area contributed by atoms with Gasteiger partial charge in [-0.05, 0) is 19.4 Å². The fourth-order valence-electron chi connectivity index (χ4n) is 2.33. The lowest BCUT2D eigenvalue weighted by Crippen LogP contribution is -2.33. The Labute approximate surface area is 128 Å². The molecule has 0 aliphatic carbocycles. The van der Waals surface area contributed by atoms with Crippen LogP contribution >= 0.6 is 0 Å². The quantitative estimate of drug-likeness (QED) is 0.613. The van der Waals surface area contributed by atoms with Gasteiger partial charge >= 0.3 is 0 Å². The number of para-hydroxylation sites is 1. The van der Waals surface area contributed by atoms with Crippen LogP contribution in [0.2, 0.25) is 0 Å². The van der Waals surface area contributed by atoms with Crippen LogP contribution in [0.1, 0.15) is 18.9 Å². The number of carbonyl (C=O) groups is 2. The number of nitrogens with zero attached hydrogens (tertiary/aromatic N) is 1. The third kappa shape index (κ3) is 2.96. The standard InChI is InChI=1S/C16H19NO5/c1-3-22-10-6-9-17-15(19)13(14(18)16(17)20)11-7-4-5-8-12(11)21-2/h4-5,7-8,18H,3,6,9-10H2,1-2H3. The van der Waals surface area contributed by atoms with Gasteiger partial charge in [0.2, 0.25) is 0 Å². The molecular weight excluding hydrogens is 286 g/mol. The van der Waals surface area contributed by atoms with Crippen LogP contribution in [0.15, 0.2) is 30.0 Å². The maximum absolute atomic E-state index is 12.4. The Kier molecular flexibility index (Phi) is 5.16. The highest BCUT2D eigenvalue weighted by Gasteiger charge is 2.39. The lowest BCUT2D eigenvalue weighted by atomic mass is 10.0. The molecule has 2 rings (SSSR count). The second-order valence-corrected chi connectivity index (χ2v) is 4.74. The minimum Gasteiger partial charge on any atom is -0.502 e. The van der Waals surface area contributed by atoms with Gasteiger partial charge in [-0.1, -0.05) is 18.2 Å². The van der Waals surface area contributed by atoms with Gasteiger partial charge in [0.1, 0.15) is 5.75 Å².